The maximum atomic E-state index is 11.9. The van der Waals surface area contributed by atoms with Gasteiger partial charge >= 0.3 is 0 Å². The zero-order valence-corrected chi connectivity index (χ0v) is 10.7. The average molecular weight is 256 g/mol. The highest BCUT2D eigenvalue weighted by atomic mass is 32.2. The lowest BCUT2D eigenvalue weighted by atomic mass is 10.2. The normalized spacial score (nSPS) is 10.5. The van der Waals surface area contributed by atoms with E-state index in [1.807, 2.05) is 31.2 Å². The van der Waals surface area contributed by atoms with Crippen LogP contribution in [0.2, 0.25) is 0 Å². The van der Waals surface area contributed by atoms with Crippen LogP contribution >= 0.6 is 0 Å². The largest absolute Gasteiger partial charge is 0.245 e. The van der Waals surface area contributed by atoms with E-state index in [4.69, 9.17) is 0 Å². The third-order valence-electron chi connectivity index (χ3n) is 2.43. The third kappa shape index (κ3) is 2.99. The maximum absolute atomic E-state index is 11.9. The Morgan fingerprint density at radius 1 is 0.889 bits per heavy atom. The fourth-order valence-corrected chi connectivity index (χ4v) is 2.31. The van der Waals surface area contributed by atoms with Crippen LogP contribution < -0.4 is 0 Å². The monoisotopic (exact) mass is 256 g/mol. The minimum Gasteiger partial charge on any atom is -0.210 e. The van der Waals surface area contributed by atoms with E-state index in [0.29, 0.717) is 5.56 Å². The highest BCUT2D eigenvalue weighted by Gasteiger charge is 2.08. The van der Waals surface area contributed by atoms with Gasteiger partial charge in [0.2, 0.25) is 9.84 Å². The van der Waals surface area contributed by atoms with Crippen LogP contribution in [-0.4, -0.2) is 8.42 Å². The predicted octanol–water partition coefficient (Wildman–Crippen LogP) is 2.78. The summed E-state index contributed by atoms with van der Waals surface area (Å²) in [5.41, 5.74) is 1.81. The molecule has 2 rings (SSSR count). The van der Waals surface area contributed by atoms with Crippen LogP contribution in [-0.2, 0) is 9.84 Å². The minimum atomic E-state index is -3.53. The van der Waals surface area contributed by atoms with Crippen molar-refractivity contribution in [2.45, 2.75) is 11.8 Å². The van der Waals surface area contributed by atoms with Gasteiger partial charge in [-0.15, -0.1) is 0 Å². The predicted molar refractivity (Wildman–Crippen MR) is 71.7 cm³/mol. The molecule has 90 valence electrons. The Hall–Kier alpha value is -2.05. The second-order valence-corrected chi connectivity index (χ2v) is 5.59. The van der Waals surface area contributed by atoms with Crippen molar-refractivity contribution in [3.63, 3.8) is 0 Å². The standard InChI is InChI=1S/C15H12O2S/c1-13-7-9-14(10-8-13)11-12-18(16,17)15-5-3-2-4-6-15/h2-10H,1H3. The Bertz CT molecular complexity index is 688. The lowest BCUT2D eigenvalue weighted by Crippen LogP contribution is -1.96. The Morgan fingerprint density at radius 2 is 1.50 bits per heavy atom. The van der Waals surface area contributed by atoms with Gasteiger partial charge in [-0.2, -0.15) is 0 Å². The molecule has 0 atom stereocenters. The molecule has 3 heteroatoms. The van der Waals surface area contributed by atoms with Crippen LogP contribution in [0.25, 0.3) is 0 Å². The summed E-state index contributed by atoms with van der Waals surface area (Å²) in [6, 6.07) is 15.6. The molecular weight excluding hydrogens is 244 g/mol. The molecule has 0 fully saturated rings. The van der Waals surface area contributed by atoms with Crippen molar-refractivity contribution in [1.82, 2.24) is 0 Å². The van der Waals surface area contributed by atoms with Gasteiger partial charge in [0.25, 0.3) is 0 Å². The van der Waals surface area contributed by atoms with Crippen molar-refractivity contribution in [1.29, 1.82) is 0 Å². The van der Waals surface area contributed by atoms with Gasteiger partial charge in [0, 0.05) is 10.8 Å². The molecule has 2 aromatic carbocycles. The minimum absolute atomic E-state index is 0.226. The van der Waals surface area contributed by atoms with Crippen molar-refractivity contribution < 1.29 is 8.42 Å². The fraction of sp³-hybridized carbons (Fsp3) is 0.0667. The summed E-state index contributed by atoms with van der Waals surface area (Å²) in [6.45, 7) is 1.97. The quantitative estimate of drug-likeness (QED) is 0.735. The molecular formula is C15H12O2S. The molecule has 0 amide bonds. The first-order chi connectivity index (χ1) is 8.58. The zero-order chi connectivity index (χ0) is 13.0. The Balaban J connectivity index is 2.33. The van der Waals surface area contributed by atoms with Gasteiger partial charge in [-0.3, -0.25) is 0 Å². The molecule has 0 N–H and O–H groups in total. The van der Waals surface area contributed by atoms with Gasteiger partial charge in [0.1, 0.15) is 0 Å². The molecule has 0 aliphatic carbocycles. The van der Waals surface area contributed by atoms with E-state index in [1.54, 1.807) is 30.3 Å². The molecule has 0 aliphatic heterocycles. The first kappa shape index (κ1) is 12.4. The molecule has 0 aromatic heterocycles. The van der Waals surface area contributed by atoms with Gasteiger partial charge in [0.05, 0.1) is 4.90 Å². The first-order valence-corrected chi connectivity index (χ1v) is 6.96. The zero-order valence-electron chi connectivity index (χ0n) is 9.92. The molecule has 0 bridgehead atoms. The van der Waals surface area contributed by atoms with E-state index in [1.165, 1.54) is 0 Å². The van der Waals surface area contributed by atoms with Crippen LogP contribution in [0.3, 0.4) is 0 Å². The Labute approximate surface area is 107 Å². The summed E-state index contributed by atoms with van der Waals surface area (Å²) >= 11 is 0. The molecule has 0 heterocycles. The van der Waals surface area contributed by atoms with Crippen LogP contribution in [0, 0.1) is 18.1 Å². The van der Waals surface area contributed by atoms with Crippen LogP contribution in [0.1, 0.15) is 11.1 Å². The lowest BCUT2D eigenvalue weighted by molar-refractivity contribution is 0.606. The van der Waals surface area contributed by atoms with Crippen molar-refractivity contribution in [2.75, 3.05) is 0 Å². The summed E-state index contributed by atoms with van der Waals surface area (Å²) < 4.78 is 23.8. The van der Waals surface area contributed by atoms with E-state index >= 15 is 0 Å². The summed E-state index contributed by atoms with van der Waals surface area (Å²) in [4.78, 5) is 0.226. The van der Waals surface area contributed by atoms with Crippen LogP contribution in [0.5, 0.6) is 0 Å². The number of hydrogen-bond acceptors (Lipinski definition) is 2. The van der Waals surface area contributed by atoms with Gasteiger partial charge in [-0.05, 0) is 37.1 Å². The van der Waals surface area contributed by atoms with E-state index in [-0.39, 0.29) is 4.90 Å². The first-order valence-electron chi connectivity index (χ1n) is 5.47. The summed E-state index contributed by atoms with van der Waals surface area (Å²) in [5, 5.41) is 2.33. The number of benzene rings is 2. The SMILES string of the molecule is Cc1ccc(C#CS(=O)(=O)c2ccccc2)cc1. The second kappa shape index (κ2) is 5.07. The van der Waals surface area contributed by atoms with Gasteiger partial charge in [0.15, 0.2) is 0 Å². The second-order valence-electron chi connectivity index (χ2n) is 3.91. The van der Waals surface area contributed by atoms with Crippen LogP contribution in [0.15, 0.2) is 59.5 Å². The molecule has 18 heavy (non-hydrogen) atoms. The fourth-order valence-electron chi connectivity index (χ4n) is 1.42. The topological polar surface area (TPSA) is 34.1 Å². The highest BCUT2D eigenvalue weighted by molar-refractivity contribution is 7.96. The van der Waals surface area contributed by atoms with Gasteiger partial charge < -0.3 is 0 Å². The molecule has 0 aliphatic rings. The molecule has 0 unspecified atom stereocenters. The maximum Gasteiger partial charge on any atom is 0.245 e. The molecule has 0 saturated carbocycles. The lowest BCUT2D eigenvalue weighted by Gasteiger charge is -1.95. The average Bonchev–Trinajstić information content (AvgIpc) is 2.39. The molecule has 0 spiro atoms. The summed E-state index contributed by atoms with van der Waals surface area (Å²) in [6.07, 6.45) is 0. The molecule has 0 radical (unpaired) electrons. The smallest absolute Gasteiger partial charge is 0.210 e. The molecule has 0 saturated heterocycles. The Morgan fingerprint density at radius 3 is 2.11 bits per heavy atom. The molecule has 2 nitrogen and oxygen atoms in total. The third-order valence-corrected chi connectivity index (χ3v) is 3.70. The number of rotatable bonds is 1. The van der Waals surface area contributed by atoms with Gasteiger partial charge in [-0.1, -0.05) is 35.9 Å². The number of aryl methyl sites for hydroxylation is 1. The van der Waals surface area contributed by atoms with E-state index in [0.717, 1.165) is 5.56 Å². The van der Waals surface area contributed by atoms with E-state index in [9.17, 15) is 8.42 Å². The summed E-state index contributed by atoms with van der Waals surface area (Å²) in [5.74, 6) is 2.67. The van der Waals surface area contributed by atoms with E-state index in [2.05, 4.69) is 11.2 Å². The van der Waals surface area contributed by atoms with Gasteiger partial charge in [-0.25, -0.2) is 8.42 Å². The van der Waals surface area contributed by atoms with Crippen molar-refractivity contribution >= 4 is 9.84 Å². The van der Waals surface area contributed by atoms with Crippen LogP contribution in [0.4, 0.5) is 0 Å². The van der Waals surface area contributed by atoms with E-state index < -0.39 is 9.84 Å². The Kier molecular flexibility index (Phi) is 3.50. The summed E-state index contributed by atoms with van der Waals surface area (Å²) in [7, 11) is -3.53. The molecule has 2 aromatic rings. The van der Waals surface area contributed by atoms with Crippen molar-refractivity contribution in [3.8, 4) is 11.2 Å². The highest BCUT2D eigenvalue weighted by Crippen LogP contribution is 2.09. The number of sulfone groups is 1. The number of hydrogen-bond donors (Lipinski definition) is 0. The van der Waals surface area contributed by atoms with Crippen molar-refractivity contribution in [3.05, 3.63) is 65.7 Å². The van der Waals surface area contributed by atoms with Crippen molar-refractivity contribution in [2.24, 2.45) is 0 Å².